The molecule has 0 aliphatic carbocycles. The van der Waals surface area contributed by atoms with E-state index in [4.69, 9.17) is 0 Å². The number of carbonyl (C=O) groups excluding carboxylic acids is 1. The lowest BCUT2D eigenvalue weighted by Gasteiger charge is -2.04. The number of hydrazone groups is 1. The van der Waals surface area contributed by atoms with Gasteiger partial charge in [-0.1, -0.05) is 35.6 Å². The van der Waals surface area contributed by atoms with Gasteiger partial charge in [0.05, 0.1) is 21.9 Å². The van der Waals surface area contributed by atoms with Gasteiger partial charge >= 0.3 is 0 Å². The third-order valence-electron chi connectivity index (χ3n) is 3.03. The van der Waals surface area contributed by atoms with Crippen molar-refractivity contribution in [3.8, 4) is 0 Å². The molecule has 0 fully saturated rings. The fourth-order valence-corrected chi connectivity index (χ4v) is 2.65. The molecule has 7 nitrogen and oxygen atoms in total. The van der Waals surface area contributed by atoms with Crippen LogP contribution in [0.15, 0.2) is 63.9 Å². The summed E-state index contributed by atoms with van der Waals surface area (Å²) in [5, 5.41) is 23.4. The average molecular weight is 338 g/mol. The van der Waals surface area contributed by atoms with Gasteiger partial charge in [0.15, 0.2) is 5.84 Å². The molecule has 3 aromatic rings. The molecule has 0 atom stereocenters. The highest BCUT2D eigenvalue weighted by atomic mass is 32.1. The van der Waals surface area contributed by atoms with Crippen molar-refractivity contribution in [2.45, 2.75) is 6.92 Å². The molecule has 1 aromatic heterocycles. The first kappa shape index (κ1) is 15.8. The first-order valence-corrected chi connectivity index (χ1v) is 7.82. The van der Waals surface area contributed by atoms with Gasteiger partial charge in [0.25, 0.3) is 0 Å². The molecule has 2 aromatic carbocycles. The fourth-order valence-electron chi connectivity index (χ4n) is 1.87. The van der Waals surface area contributed by atoms with Crippen molar-refractivity contribution < 1.29 is 9.90 Å². The van der Waals surface area contributed by atoms with Gasteiger partial charge < -0.3 is 9.90 Å². The molecule has 0 amide bonds. The minimum Gasteiger partial charge on any atom is -0.545 e. The Morgan fingerprint density at radius 1 is 1.17 bits per heavy atom. The Balaban J connectivity index is 1.66. The molecule has 1 N–H and O–H groups in total. The Bertz CT molecular complexity index is 898. The summed E-state index contributed by atoms with van der Waals surface area (Å²) in [4.78, 5) is 15.0. The predicted octanol–water partition coefficient (Wildman–Crippen LogP) is 3.19. The molecule has 0 bridgehead atoms. The summed E-state index contributed by atoms with van der Waals surface area (Å²) >= 11 is 1.45. The second-order valence-corrected chi connectivity index (χ2v) is 5.81. The lowest BCUT2D eigenvalue weighted by molar-refractivity contribution is -0.255. The SMILES string of the molecule is CC(N=Nc1nc2ccccc2s1)=NNc1ccc(C(=O)[O-])cc1. The van der Waals surface area contributed by atoms with E-state index in [1.807, 2.05) is 24.3 Å². The first-order chi connectivity index (χ1) is 11.6. The van der Waals surface area contributed by atoms with Gasteiger partial charge in [-0.05, 0) is 36.8 Å². The zero-order valence-corrected chi connectivity index (χ0v) is 13.4. The lowest BCUT2D eigenvalue weighted by atomic mass is 10.2. The van der Waals surface area contributed by atoms with Crippen LogP contribution in [0.1, 0.15) is 17.3 Å². The Morgan fingerprint density at radius 2 is 1.92 bits per heavy atom. The number of azo groups is 1. The van der Waals surface area contributed by atoms with Gasteiger partial charge in [0, 0.05) is 0 Å². The second-order valence-electron chi connectivity index (χ2n) is 4.80. The summed E-state index contributed by atoms with van der Waals surface area (Å²) in [6.07, 6.45) is 0. The van der Waals surface area contributed by atoms with E-state index < -0.39 is 5.97 Å². The van der Waals surface area contributed by atoms with Crippen LogP contribution in [-0.4, -0.2) is 16.8 Å². The molecule has 8 heteroatoms. The molecule has 0 aliphatic rings. The zero-order valence-electron chi connectivity index (χ0n) is 12.6. The quantitative estimate of drug-likeness (QED) is 0.341. The maximum absolute atomic E-state index is 10.7. The number of carboxylic acid groups (broad SMARTS) is 1. The van der Waals surface area contributed by atoms with E-state index in [0.29, 0.717) is 16.7 Å². The minimum absolute atomic E-state index is 0.108. The Hall–Kier alpha value is -3.13. The highest BCUT2D eigenvalue weighted by Crippen LogP contribution is 2.27. The second kappa shape index (κ2) is 6.97. The summed E-state index contributed by atoms with van der Waals surface area (Å²) in [7, 11) is 0. The van der Waals surface area contributed by atoms with Crippen molar-refractivity contribution in [1.82, 2.24) is 4.98 Å². The summed E-state index contributed by atoms with van der Waals surface area (Å²) in [5.74, 6) is -0.802. The molecule has 0 saturated carbocycles. The van der Waals surface area contributed by atoms with Crippen molar-refractivity contribution in [2.75, 3.05) is 5.43 Å². The summed E-state index contributed by atoms with van der Waals surface area (Å²) in [5.41, 5.74) is 4.41. The number of para-hydroxylation sites is 1. The van der Waals surface area contributed by atoms with Crippen LogP contribution in [0, 0.1) is 0 Å². The zero-order chi connectivity index (χ0) is 16.9. The minimum atomic E-state index is -1.22. The number of rotatable bonds is 4. The number of anilines is 1. The van der Waals surface area contributed by atoms with E-state index in [-0.39, 0.29) is 5.56 Å². The van der Waals surface area contributed by atoms with Gasteiger partial charge in [-0.2, -0.15) is 5.10 Å². The molecule has 0 saturated heterocycles. The summed E-state index contributed by atoms with van der Waals surface area (Å²) in [6, 6.07) is 13.8. The van der Waals surface area contributed by atoms with E-state index in [2.05, 4.69) is 25.7 Å². The summed E-state index contributed by atoms with van der Waals surface area (Å²) in [6.45, 7) is 1.69. The Morgan fingerprint density at radius 3 is 2.62 bits per heavy atom. The van der Waals surface area contributed by atoms with Crippen LogP contribution in [0.5, 0.6) is 0 Å². The van der Waals surface area contributed by atoms with Crippen molar-refractivity contribution in [1.29, 1.82) is 0 Å². The van der Waals surface area contributed by atoms with Crippen LogP contribution in [-0.2, 0) is 0 Å². The van der Waals surface area contributed by atoms with E-state index in [0.717, 1.165) is 10.2 Å². The topological polar surface area (TPSA) is 102 Å². The van der Waals surface area contributed by atoms with Crippen molar-refractivity contribution in [3.63, 3.8) is 0 Å². The standard InChI is InChI=1S/C16H13N5O2S/c1-10(18-20-12-8-6-11(7-9-12)15(22)23)19-21-16-17-13-4-2-3-5-14(13)24-16/h2-9,20H,1H3,(H,22,23)/p-1. The van der Waals surface area contributed by atoms with Crippen LogP contribution >= 0.6 is 11.3 Å². The van der Waals surface area contributed by atoms with Crippen LogP contribution in [0.4, 0.5) is 10.8 Å². The number of amidine groups is 1. The monoisotopic (exact) mass is 338 g/mol. The van der Waals surface area contributed by atoms with Crippen LogP contribution < -0.4 is 10.5 Å². The number of benzene rings is 2. The van der Waals surface area contributed by atoms with Crippen molar-refractivity contribution in [3.05, 3.63) is 54.1 Å². The number of fused-ring (bicyclic) bond motifs is 1. The van der Waals surface area contributed by atoms with E-state index in [1.165, 1.54) is 23.5 Å². The van der Waals surface area contributed by atoms with Crippen molar-refractivity contribution in [2.24, 2.45) is 15.3 Å². The molecule has 0 unspecified atom stereocenters. The van der Waals surface area contributed by atoms with E-state index in [1.54, 1.807) is 19.1 Å². The Labute approximate surface area is 141 Å². The third kappa shape index (κ3) is 3.79. The van der Waals surface area contributed by atoms with Crippen LogP contribution in [0.3, 0.4) is 0 Å². The maximum Gasteiger partial charge on any atom is 0.231 e. The molecule has 3 rings (SSSR count). The van der Waals surface area contributed by atoms with Gasteiger partial charge in [-0.25, -0.2) is 4.98 Å². The smallest absolute Gasteiger partial charge is 0.231 e. The average Bonchev–Trinajstić information content (AvgIpc) is 3.01. The number of carboxylic acids is 1. The molecule has 120 valence electrons. The Kier molecular flexibility index (Phi) is 4.57. The number of hydrogen-bond acceptors (Lipinski definition) is 7. The molecule has 0 radical (unpaired) electrons. The molecule has 0 spiro atoms. The highest BCUT2D eigenvalue weighted by Gasteiger charge is 2.01. The molecular formula is C16H12N5O2S-. The normalized spacial score (nSPS) is 12.0. The number of aromatic carboxylic acids is 1. The highest BCUT2D eigenvalue weighted by molar-refractivity contribution is 7.21. The predicted molar refractivity (Wildman–Crippen MR) is 91.6 cm³/mol. The number of nitrogens with zero attached hydrogens (tertiary/aromatic N) is 4. The largest absolute Gasteiger partial charge is 0.545 e. The number of thiazole rings is 1. The van der Waals surface area contributed by atoms with Gasteiger partial charge in [0.2, 0.25) is 5.13 Å². The van der Waals surface area contributed by atoms with Crippen molar-refractivity contribution >= 4 is 44.2 Å². The van der Waals surface area contributed by atoms with Gasteiger partial charge in [-0.3, -0.25) is 5.43 Å². The van der Waals surface area contributed by atoms with Crippen LogP contribution in [0.2, 0.25) is 0 Å². The first-order valence-electron chi connectivity index (χ1n) is 7.01. The fraction of sp³-hybridized carbons (Fsp3) is 0.0625. The molecule has 1 heterocycles. The number of nitrogens with one attached hydrogen (secondary N) is 1. The molecule has 0 aliphatic heterocycles. The van der Waals surface area contributed by atoms with Gasteiger partial charge in [-0.15, -0.1) is 10.2 Å². The van der Waals surface area contributed by atoms with E-state index in [9.17, 15) is 9.90 Å². The number of aromatic nitrogens is 1. The maximum atomic E-state index is 10.7. The molecular weight excluding hydrogens is 326 g/mol. The van der Waals surface area contributed by atoms with Crippen LogP contribution in [0.25, 0.3) is 10.2 Å². The summed E-state index contributed by atoms with van der Waals surface area (Å²) < 4.78 is 1.05. The van der Waals surface area contributed by atoms with Gasteiger partial charge in [0.1, 0.15) is 0 Å². The third-order valence-corrected chi connectivity index (χ3v) is 3.95. The number of hydrogen-bond donors (Lipinski definition) is 1. The molecule has 24 heavy (non-hydrogen) atoms. The lowest BCUT2D eigenvalue weighted by Crippen LogP contribution is -2.21. The number of carbonyl (C=O) groups is 1. The van der Waals surface area contributed by atoms with E-state index >= 15 is 0 Å².